The normalized spacial score (nSPS) is 13.9. The number of benzene rings is 1. The van der Waals surface area contributed by atoms with E-state index < -0.39 is 0 Å². The molecule has 1 aromatic carbocycles. The molecule has 0 atom stereocenters. The summed E-state index contributed by atoms with van der Waals surface area (Å²) in [5.74, 6) is 0.844. The molecule has 0 saturated heterocycles. The Morgan fingerprint density at radius 2 is 2.20 bits per heavy atom. The van der Waals surface area contributed by atoms with Crippen molar-refractivity contribution >= 4 is 11.0 Å². The van der Waals surface area contributed by atoms with Crippen molar-refractivity contribution in [1.29, 1.82) is 0 Å². The first-order valence-electron chi connectivity index (χ1n) is 4.95. The van der Waals surface area contributed by atoms with E-state index in [9.17, 15) is 4.79 Å². The van der Waals surface area contributed by atoms with Gasteiger partial charge in [-0.1, -0.05) is 0 Å². The van der Waals surface area contributed by atoms with Crippen molar-refractivity contribution in [1.82, 2.24) is 0 Å². The Balaban J connectivity index is 2.50. The van der Waals surface area contributed by atoms with Crippen LogP contribution >= 0.6 is 0 Å². The minimum Gasteiger partial charge on any atom is -0.493 e. The maximum Gasteiger partial charge on any atom is 0.336 e. The second-order valence-corrected chi connectivity index (χ2v) is 3.77. The zero-order valence-corrected chi connectivity index (χ0v) is 8.37. The topological polar surface area (TPSA) is 39.4 Å². The van der Waals surface area contributed by atoms with Gasteiger partial charge in [0.1, 0.15) is 11.3 Å². The number of rotatable bonds is 0. The molecule has 15 heavy (non-hydrogen) atoms. The van der Waals surface area contributed by atoms with Crippen LogP contribution in [0.2, 0.25) is 0 Å². The molecule has 0 bridgehead atoms. The summed E-state index contributed by atoms with van der Waals surface area (Å²) >= 11 is 0. The summed E-state index contributed by atoms with van der Waals surface area (Å²) in [6.45, 7) is 2.59. The maximum atomic E-state index is 11.3. The Labute approximate surface area is 86.3 Å². The maximum absolute atomic E-state index is 11.3. The van der Waals surface area contributed by atoms with E-state index in [1.165, 1.54) is 6.07 Å². The summed E-state index contributed by atoms with van der Waals surface area (Å²) in [6.07, 6.45) is 0.819. The molecule has 76 valence electrons. The van der Waals surface area contributed by atoms with Gasteiger partial charge >= 0.3 is 5.63 Å². The minimum absolute atomic E-state index is 0.291. The lowest BCUT2D eigenvalue weighted by Crippen LogP contribution is -1.99. The third-order valence-electron chi connectivity index (χ3n) is 2.79. The highest BCUT2D eigenvalue weighted by Crippen LogP contribution is 2.32. The summed E-state index contributed by atoms with van der Waals surface area (Å²) in [5.41, 5.74) is 2.37. The van der Waals surface area contributed by atoms with E-state index in [1.54, 1.807) is 0 Å². The highest BCUT2D eigenvalue weighted by atomic mass is 16.5. The van der Waals surface area contributed by atoms with Gasteiger partial charge in [0.05, 0.1) is 6.61 Å². The highest BCUT2D eigenvalue weighted by molar-refractivity contribution is 5.85. The van der Waals surface area contributed by atoms with Gasteiger partial charge in [0, 0.05) is 23.4 Å². The van der Waals surface area contributed by atoms with Crippen LogP contribution in [0.4, 0.5) is 0 Å². The summed E-state index contributed by atoms with van der Waals surface area (Å²) in [7, 11) is 0. The van der Waals surface area contributed by atoms with Crippen LogP contribution in [0.1, 0.15) is 11.1 Å². The molecule has 1 aliphatic heterocycles. The quantitative estimate of drug-likeness (QED) is 0.613. The van der Waals surface area contributed by atoms with E-state index in [1.807, 2.05) is 19.1 Å². The van der Waals surface area contributed by atoms with Crippen LogP contribution in [0.25, 0.3) is 11.0 Å². The van der Waals surface area contributed by atoms with Crippen molar-refractivity contribution in [3.05, 3.63) is 39.7 Å². The van der Waals surface area contributed by atoms with E-state index in [-0.39, 0.29) is 5.63 Å². The Morgan fingerprint density at radius 1 is 1.33 bits per heavy atom. The molecule has 0 amide bonds. The molecule has 3 rings (SSSR count). The van der Waals surface area contributed by atoms with Gasteiger partial charge in [-0.15, -0.1) is 0 Å². The number of ether oxygens (including phenoxy) is 1. The first kappa shape index (κ1) is 8.53. The van der Waals surface area contributed by atoms with Crippen molar-refractivity contribution in [2.45, 2.75) is 13.3 Å². The number of hydrogen-bond donors (Lipinski definition) is 0. The number of fused-ring (bicyclic) bond motifs is 3. The largest absolute Gasteiger partial charge is 0.493 e. The second-order valence-electron chi connectivity index (χ2n) is 3.77. The average Bonchev–Trinajstić information content (AvgIpc) is 2.65. The smallest absolute Gasteiger partial charge is 0.336 e. The van der Waals surface area contributed by atoms with E-state index in [0.717, 1.165) is 28.7 Å². The molecule has 0 aliphatic carbocycles. The molecule has 1 aromatic heterocycles. The summed E-state index contributed by atoms with van der Waals surface area (Å²) < 4.78 is 10.7. The molecule has 3 nitrogen and oxygen atoms in total. The van der Waals surface area contributed by atoms with Crippen LogP contribution in [0, 0.1) is 6.92 Å². The zero-order chi connectivity index (χ0) is 10.4. The average molecular weight is 202 g/mol. The Morgan fingerprint density at radius 3 is 3.07 bits per heavy atom. The van der Waals surface area contributed by atoms with Gasteiger partial charge in [0.25, 0.3) is 0 Å². The zero-order valence-electron chi connectivity index (χ0n) is 8.37. The Kier molecular flexibility index (Phi) is 1.63. The predicted octanol–water partition coefficient (Wildman–Crippen LogP) is 2.04. The van der Waals surface area contributed by atoms with Crippen molar-refractivity contribution < 1.29 is 9.15 Å². The first-order valence-corrected chi connectivity index (χ1v) is 4.95. The lowest BCUT2D eigenvalue weighted by atomic mass is 10.1. The number of hydrogen-bond acceptors (Lipinski definition) is 3. The Hall–Kier alpha value is -1.77. The van der Waals surface area contributed by atoms with Crippen LogP contribution in [0.3, 0.4) is 0 Å². The molecular weight excluding hydrogens is 192 g/mol. The molecule has 2 aromatic rings. The molecule has 1 aliphatic rings. The predicted molar refractivity (Wildman–Crippen MR) is 56.4 cm³/mol. The van der Waals surface area contributed by atoms with Crippen LogP contribution in [-0.2, 0) is 6.42 Å². The van der Waals surface area contributed by atoms with Crippen molar-refractivity contribution in [2.75, 3.05) is 6.61 Å². The van der Waals surface area contributed by atoms with Gasteiger partial charge in [0.15, 0.2) is 0 Å². The first-order chi connectivity index (χ1) is 7.25. The third-order valence-corrected chi connectivity index (χ3v) is 2.79. The fourth-order valence-corrected chi connectivity index (χ4v) is 2.06. The van der Waals surface area contributed by atoms with E-state index in [0.29, 0.717) is 12.2 Å². The van der Waals surface area contributed by atoms with Gasteiger partial charge in [-0.3, -0.25) is 0 Å². The molecule has 0 spiro atoms. The van der Waals surface area contributed by atoms with E-state index in [2.05, 4.69) is 0 Å². The molecule has 0 radical (unpaired) electrons. The van der Waals surface area contributed by atoms with Gasteiger partial charge in [0.2, 0.25) is 0 Å². The van der Waals surface area contributed by atoms with Crippen LogP contribution < -0.4 is 10.4 Å². The van der Waals surface area contributed by atoms with Crippen LogP contribution in [-0.4, -0.2) is 6.61 Å². The minimum atomic E-state index is -0.291. The van der Waals surface area contributed by atoms with Gasteiger partial charge in [-0.25, -0.2) is 4.79 Å². The van der Waals surface area contributed by atoms with Gasteiger partial charge in [-0.05, 0) is 24.6 Å². The van der Waals surface area contributed by atoms with Crippen molar-refractivity contribution in [3.63, 3.8) is 0 Å². The molecule has 0 N–H and O–H groups in total. The lowest BCUT2D eigenvalue weighted by Gasteiger charge is -2.04. The molecule has 3 heteroatoms. The summed E-state index contributed by atoms with van der Waals surface area (Å²) in [5, 5.41) is 0.999. The SMILES string of the molecule is Cc1cc(=O)oc2c3c(ccc12)OCC3. The van der Waals surface area contributed by atoms with E-state index in [4.69, 9.17) is 9.15 Å². The fraction of sp³-hybridized carbons (Fsp3) is 0.250. The number of aryl methyl sites for hydroxylation is 1. The lowest BCUT2D eigenvalue weighted by molar-refractivity contribution is 0.357. The molecule has 0 fully saturated rings. The van der Waals surface area contributed by atoms with E-state index >= 15 is 0 Å². The fourth-order valence-electron chi connectivity index (χ4n) is 2.06. The van der Waals surface area contributed by atoms with Gasteiger partial charge in [-0.2, -0.15) is 0 Å². The summed E-state index contributed by atoms with van der Waals surface area (Å²) in [4.78, 5) is 11.3. The molecule has 2 heterocycles. The van der Waals surface area contributed by atoms with Crippen LogP contribution in [0.15, 0.2) is 27.4 Å². The monoisotopic (exact) mass is 202 g/mol. The molecule has 0 unspecified atom stereocenters. The van der Waals surface area contributed by atoms with Gasteiger partial charge < -0.3 is 9.15 Å². The van der Waals surface area contributed by atoms with Crippen molar-refractivity contribution in [2.24, 2.45) is 0 Å². The van der Waals surface area contributed by atoms with Crippen molar-refractivity contribution in [3.8, 4) is 5.75 Å². The second kappa shape index (κ2) is 2.86. The molecular formula is C12H10O3. The highest BCUT2D eigenvalue weighted by Gasteiger charge is 2.17. The summed E-state index contributed by atoms with van der Waals surface area (Å²) in [6, 6.07) is 5.40. The standard InChI is InChI=1S/C12H10O3/c1-7-6-11(13)15-12-8(7)2-3-10-9(12)4-5-14-10/h2-3,6H,4-5H2,1H3. The Bertz CT molecular complexity index is 596. The van der Waals surface area contributed by atoms with Crippen LogP contribution in [0.5, 0.6) is 5.75 Å². The molecule has 0 saturated carbocycles. The third kappa shape index (κ3) is 1.16.